The molecule has 3 fully saturated rings. The molecule has 2 saturated carbocycles. The number of phenolic OH excluding ortho intramolecular Hbond substituents is 1. The van der Waals surface area contributed by atoms with Gasteiger partial charge in [-0.1, -0.05) is 25.0 Å². The summed E-state index contributed by atoms with van der Waals surface area (Å²) in [6, 6.07) is 8.13. The SMILES string of the molecule is Oc1cccc([C@@]23CCCC[C@@H]2CN(CC2CC2)CC3)c1. The van der Waals surface area contributed by atoms with Crippen LogP contribution in [0.15, 0.2) is 24.3 Å². The first-order valence-corrected chi connectivity index (χ1v) is 8.78. The van der Waals surface area contributed by atoms with E-state index in [0.29, 0.717) is 11.2 Å². The van der Waals surface area contributed by atoms with Crippen LogP contribution in [0.2, 0.25) is 0 Å². The fourth-order valence-electron chi connectivity index (χ4n) is 4.84. The summed E-state index contributed by atoms with van der Waals surface area (Å²) < 4.78 is 0. The predicted octanol–water partition coefficient (Wildman–Crippen LogP) is 3.94. The van der Waals surface area contributed by atoms with Crippen molar-refractivity contribution in [2.24, 2.45) is 11.8 Å². The Balaban J connectivity index is 1.59. The molecular formula is C19H27NO. The summed E-state index contributed by atoms with van der Waals surface area (Å²) in [6.45, 7) is 3.88. The van der Waals surface area contributed by atoms with Gasteiger partial charge in [-0.15, -0.1) is 0 Å². The smallest absolute Gasteiger partial charge is 0.115 e. The van der Waals surface area contributed by atoms with Crippen LogP contribution in [-0.2, 0) is 5.41 Å². The number of nitrogens with zero attached hydrogens (tertiary/aromatic N) is 1. The van der Waals surface area contributed by atoms with Crippen molar-refractivity contribution >= 4 is 0 Å². The lowest BCUT2D eigenvalue weighted by molar-refractivity contribution is 0.0537. The third kappa shape index (κ3) is 2.59. The topological polar surface area (TPSA) is 23.5 Å². The van der Waals surface area contributed by atoms with Crippen LogP contribution >= 0.6 is 0 Å². The van der Waals surface area contributed by atoms with Crippen molar-refractivity contribution in [1.29, 1.82) is 0 Å². The second-order valence-electron chi connectivity index (χ2n) is 7.60. The second kappa shape index (κ2) is 5.31. The van der Waals surface area contributed by atoms with Crippen LogP contribution in [0.5, 0.6) is 5.75 Å². The molecule has 0 unspecified atom stereocenters. The van der Waals surface area contributed by atoms with Gasteiger partial charge in [0, 0.05) is 18.5 Å². The number of fused-ring (bicyclic) bond motifs is 1. The molecular weight excluding hydrogens is 258 g/mol. The van der Waals surface area contributed by atoms with Gasteiger partial charge in [-0.05, 0) is 68.2 Å². The quantitative estimate of drug-likeness (QED) is 0.909. The lowest BCUT2D eigenvalue weighted by atomic mass is 9.59. The predicted molar refractivity (Wildman–Crippen MR) is 85.5 cm³/mol. The molecule has 0 aromatic heterocycles. The zero-order valence-corrected chi connectivity index (χ0v) is 12.9. The lowest BCUT2D eigenvalue weighted by Crippen LogP contribution is -2.51. The van der Waals surface area contributed by atoms with Crippen LogP contribution in [0.25, 0.3) is 0 Å². The number of aromatic hydroxyl groups is 1. The molecule has 1 saturated heterocycles. The second-order valence-corrected chi connectivity index (χ2v) is 7.60. The third-order valence-corrected chi connectivity index (χ3v) is 6.19. The third-order valence-electron chi connectivity index (χ3n) is 6.19. The zero-order valence-electron chi connectivity index (χ0n) is 12.9. The van der Waals surface area contributed by atoms with E-state index >= 15 is 0 Å². The van der Waals surface area contributed by atoms with E-state index in [2.05, 4.69) is 11.0 Å². The Bertz CT molecular complexity index is 510. The van der Waals surface area contributed by atoms with Crippen molar-refractivity contribution in [2.75, 3.05) is 19.6 Å². The van der Waals surface area contributed by atoms with Gasteiger partial charge in [0.2, 0.25) is 0 Å². The van der Waals surface area contributed by atoms with Crippen LogP contribution in [0.4, 0.5) is 0 Å². The zero-order chi connectivity index (χ0) is 14.3. The fraction of sp³-hybridized carbons (Fsp3) is 0.684. The molecule has 0 radical (unpaired) electrons. The number of piperidine rings is 1. The first kappa shape index (κ1) is 13.6. The van der Waals surface area contributed by atoms with Crippen LogP contribution in [-0.4, -0.2) is 29.6 Å². The number of benzene rings is 1. The Labute approximate surface area is 128 Å². The van der Waals surface area contributed by atoms with Gasteiger partial charge in [0.15, 0.2) is 0 Å². The van der Waals surface area contributed by atoms with Crippen LogP contribution in [0, 0.1) is 11.8 Å². The number of hydrogen-bond donors (Lipinski definition) is 1. The number of rotatable bonds is 3. The average molecular weight is 285 g/mol. The maximum atomic E-state index is 9.90. The molecule has 3 aliphatic rings. The number of phenols is 1. The average Bonchev–Trinajstić information content (AvgIpc) is 3.31. The Kier molecular flexibility index (Phi) is 3.45. The monoisotopic (exact) mass is 285 g/mol. The summed E-state index contributed by atoms with van der Waals surface area (Å²) in [7, 11) is 0. The molecule has 0 amide bonds. The van der Waals surface area contributed by atoms with Crippen molar-refractivity contribution < 1.29 is 5.11 Å². The molecule has 1 heterocycles. The Morgan fingerprint density at radius 1 is 1.14 bits per heavy atom. The molecule has 1 aromatic rings. The highest BCUT2D eigenvalue weighted by Gasteiger charge is 2.45. The Morgan fingerprint density at radius 2 is 2.05 bits per heavy atom. The summed E-state index contributed by atoms with van der Waals surface area (Å²) in [5, 5.41) is 9.90. The van der Waals surface area contributed by atoms with Crippen LogP contribution < -0.4 is 0 Å². The molecule has 0 bridgehead atoms. The van der Waals surface area contributed by atoms with Crippen molar-refractivity contribution in [2.45, 2.75) is 50.4 Å². The van der Waals surface area contributed by atoms with Gasteiger partial charge in [-0.2, -0.15) is 0 Å². The molecule has 2 heteroatoms. The van der Waals surface area contributed by atoms with Gasteiger partial charge < -0.3 is 10.0 Å². The van der Waals surface area contributed by atoms with E-state index in [1.807, 2.05) is 12.1 Å². The van der Waals surface area contributed by atoms with Gasteiger partial charge in [0.05, 0.1) is 0 Å². The summed E-state index contributed by atoms with van der Waals surface area (Å²) >= 11 is 0. The molecule has 4 rings (SSSR count). The molecule has 2 atom stereocenters. The Morgan fingerprint density at radius 3 is 2.86 bits per heavy atom. The van der Waals surface area contributed by atoms with E-state index in [1.165, 1.54) is 70.1 Å². The van der Waals surface area contributed by atoms with E-state index in [1.54, 1.807) is 6.07 Å². The fourth-order valence-corrected chi connectivity index (χ4v) is 4.84. The van der Waals surface area contributed by atoms with E-state index in [-0.39, 0.29) is 0 Å². The summed E-state index contributed by atoms with van der Waals surface area (Å²) in [4.78, 5) is 2.73. The maximum Gasteiger partial charge on any atom is 0.115 e. The van der Waals surface area contributed by atoms with Crippen molar-refractivity contribution in [3.8, 4) is 5.75 Å². The lowest BCUT2D eigenvalue weighted by Gasteiger charge is -2.51. The van der Waals surface area contributed by atoms with E-state index < -0.39 is 0 Å². The van der Waals surface area contributed by atoms with Crippen LogP contribution in [0.3, 0.4) is 0 Å². The molecule has 0 spiro atoms. The minimum Gasteiger partial charge on any atom is -0.508 e. The van der Waals surface area contributed by atoms with E-state index in [0.717, 1.165) is 11.8 Å². The van der Waals surface area contributed by atoms with Gasteiger partial charge in [0.1, 0.15) is 5.75 Å². The number of likely N-dealkylation sites (tertiary alicyclic amines) is 1. The molecule has 1 aliphatic heterocycles. The van der Waals surface area contributed by atoms with Gasteiger partial charge >= 0.3 is 0 Å². The standard InChI is InChI=1S/C19H27NO/c21-18-6-3-5-16(12-18)19-9-2-1-4-17(19)14-20(11-10-19)13-15-7-8-15/h3,5-6,12,15,17,21H,1-2,4,7-11,13-14H2/t17-,19+/m1/s1. The minimum absolute atomic E-state index is 0.344. The summed E-state index contributed by atoms with van der Waals surface area (Å²) in [6.07, 6.45) is 9.64. The van der Waals surface area contributed by atoms with Gasteiger partial charge in [-0.3, -0.25) is 0 Å². The number of hydrogen-bond acceptors (Lipinski definition) is 2. The molecule has 1 aromatic carbocycles. The highest BCUT2D eigenvalue weighted by molar-refractivity contribution is 5.35. The van der Waals surface area contributed by atoms with E-state index in [9.17, 15) is 5.11 Å². The molecule has 2 aliphatic carbocycles. The molecule has 21 heavy (non-hydrogen) atoms. The van der Waals surface area contributed by atoms with E-state index in [4.69, 9.17) is 0 Å². The molecule has 114 valence electrons. The highest BCUT2D eigenvalue weighted by atomic mass is 16.3. The molecule has 1 N–H and O–H groups in total. The summed E-state index contributed by atoms with van der Waals surface area (Å²) in [5.74, 6) is 2.23. The summed E-state index contributed by atoms with van der Waals surface area (Å²) in [5.41, 5.74) is 1.75. The Hall–Kier alpha value is -1.02. The van der Waals surface area contributed by atoms with Crippen molar-refractivity contribution in [1.82, 2.24) is 4.90 Å². The first-order valence-electron chi connectivity index (χ1n) is 8.78. The minimum atomic E-state index is 0.344. The largest absolute Gasteiger partial charge is 0.508 e. The maximum absolute atomic E-state index is 9.90. The first-order chi connectivity index (χ1) is 10.3. The van der Waals surface area contributed by atoms with Gasteiger partial charge in [-0.25, -0.2) is 0 Å². The normalized spacial score (nSPS) is 33.6. The molecule has 2 nitrogen and oxygen atoms in total. The van der Waals surface area contributed by atoms with Crippen molar-refractivity contribution in [3.05, 3.63) is 29.8 Å². The van der Waals surface area contributed by atoms with Crippen LogP contribution in [0.1, 0.15) is 50.5 Å². The van der Waals surface area contributed by atoms with Crippen molar-refractivity contribution in [3.63, 3.8) is 0 Å². The highest BCUT2D eigenvalue weighted by Crippen LogP contribution is 2.49. The van der Waals surface area contributed by atoms with Gasteiger partial charge in [0.25, 0.3) is 0 Å².